The summed E-state index contributed by atoms with van der Waals surface area (Å²) in [5.74, 6) is 2.87. The van der Waals surface area contributed by atoms with Gasteiger partial charge >= 0.3 is 0 Å². The lowest BCUT2D eigenvalue weighted by molar-refractivity contribution is -0.116. The second kappa shape index (κ2) is 4.00. The van der Waals surface area contributed by atoms with Crippen molar-refractivity contribution in [1.82, 2.24) is 4.90 Å². The number of aliphatic imine (C=N–C) groups is 1. The van der Waals surface area contributed by atoms with Crippen molar-refractivity contribution in [3.05, 3.63) is 0 Å². The van der Waals surface area contributed by atoms with Gasteiger partial charge < -0.3 is 4.90 Å². The van der Waals surface area contributed by atoms with Crippen LogP contribution < -0.4 is 0 Å². The zero-order valence-corrected chi connectivity index (χ0v) is 12.6. The quantitative estimate of drug-likeness (QED) is 0.739. The van der Waals surface area contributed by atoms with Gasteiger partial charge in [-0.05, 0) is 63.2 Å². The molecule has 0 N–H and O–H groups in total. The van der Waals surface area contributed by atoms with Crippen LogP contribution in [0.25, 0.3) is 0 Å². The maximum absolute atomic E-state index is 11.7. The molecule has 1 atom stereocenters. The van der Waals surface area contributed by atoms with Crippen LogP contribution in [0.2, 0.25) is 0 Å². The molecule has 5 aliphatic rings. The van der Waals surface area contributed by atoms with E-state index >= 15 is 0 Å². The molecule has 0 radical (unpaired) electrons. The molecule has 4 aliphatic carbocycles. The number of nitrogens with zero attached hydrogens (tertiary/aromatic N) is 2. The third-order valence-electron chi connectivity index (χ3n) is 5.84. The van der Waals surface area contributed by atoms with E-state index in [1.807, 2.05) is 6.92 Å². The fourth-order valence-corrected chi connectivity index (χ4v) is 6.22. The summed E-state index contributed by atoms with van der Waals surface area (Å²) in [7, 11) is 2.18. The minimum absolute atomic E-state index is 0.0198. The molecule has 0 aromatic rings. The zero-order valence-electron chi connectivity index (χ0n) is 11.8. The largest absolute Gasteiger partial charge is 0.348 e. The van der Waals surface area contributed by atoms with Gasteiger partial charge in [-0.25, -0.2) is 0 Å². The van der Waals surface area contributed by atoms with Gasteiger partial charge in [-0.2, -0.15) is 4.99 Å². The molecule has 4 bridgehead atoms. The average molecular weight is 278 g/mol. The summed E-state index contributed by atoms with van der Waals surface area (Å²) in [6.07, 6.45) is 8.37. The molecule has 4 saturated carbocycles. The molecular formula is C15H22N2OS. The molecule has 19 heavy (non-hydrogen) atoms. The van der Waals surface area contributed by atoms with Crippen molar-refractivity contribution in [2.45, 2.75) is 56.2 Å². The highest BCUT2D eigenvalue weighted by atomic mass is 32.2. The Kier molecular flexibility index (Phi) is 2.58. The van der Waals surface area contributed by atoms with Crippen molar-refractivity contribution >= 4 is 22.8 Å². The highest BCUT2D eigenvalue weighted by Crippen LogP contribution is 2.58. The molecule has 5 rings (SSSR count). The second-order valence-electron chi connectivity index (χ2n) is 7.19. The van der Waals surface area contributed by atoms with Gasteiger partial charge in [0.05, 0.1) is 5.25 Å². The van der Waals surface area contributed by atoms with E-state index in [0.29, 0.717) is 5.54 Å². The van der Waals surface area contributed by atoms with Gasteiger partial charge in [0, 0.05) is 12.6 Å². The summed E-state index contributed by atoms with van der Waals surface area (Å²) in [6.45, 7) is 1.97. The Hall–Kier alpha value is -0.510. The number of thioether (sulfide) groups is 1. The van der Waals surface area contributed by atoms with Crippen molar-refractivity contribution in [3.8, 4) is 0 Å². The second-order valence-corrected chi connectivity index (χ2v) is 8.50. The Morgan fingerprint density at radius 2 is 1.68 bits per heavy atom. The van der Waals surface area contributed by atoms with Crippen molar-refractivity contribution in [1.29, 1.82) is 0 Å². The first-order valence-corrected chi connectivity index (χ1v) is 8.47. The van der Waals surface area contributed by atoms with Crippen LogP contribution in [0.1, 0.15) is 45.4 Å². The summed E-state index contributed by atoms with van der Waals surface area (Å²) in [5.41, 5.74) is 0.324. The van der Waals surface area contributed by atoms with Crippen molar-refractivity contribution in [2.24, 2.45) is 22.7 Å². The molecule has 3 nitrogen and oxygen atoms in total. The lowest BCUT2D eigenvalue weighted by Gasteiger charge is -2.60. The van der Waals surface area contributed by atoms with E-state index in [-0.39, 0.29) is 11.2 Å². The molecule has 0 aromatic carbocycles. The van der Waals surface area contributed by atoms with Crippen molar-refractivity contribution in [3.63, 3.8) is 0 Å². The number of carbonyl (C=O) groups excluding carboxylic acids is 1. The summed E-state index contributed by atoms with van der Waals surface area (Å²) >= 11 is 1.66. The minimum atomic E-state index is 0.0198. The molecule has 1 amide bonds. The predicted octanol–water partition coefficient (Wildman–Crippen LogP) is 2.90. The fourth-order valence-electron chi connectivity index (χ4n) is 5.25. The van der Waals surface area contributed by atoms with Crippen LogP contribution >= 0.6 is 11.8 Å². The van der Waals surface area contributed by atoms with Gasteiger partial charge in [-0.3, -0.25) is 4.79 Å². The number of rotatable bonds is 1. The van der Waals surface area contributed by atoms with Crippen molar-refractivity contribution in [2.75, 3.05) is 7.05 Å². The highest BCUT2D eigenvalue weighted by molar-refractivity contribution is 8.15. The first-order chi connectivity index (χ1) is 9.06. The Balaban J connectivity index is 1.62. The lowest BCUT2D eigenvalue weighted by atomic mass is 9.52. The van der Waals surface area contributed by atoms with Gasteiger partial charge in [0.1, 0.15) is 0 Å². The summed E-state index contributed by atoms with van der Waals surface area (Å²) in [6, 6.07) is 0. The molecule has 1 unspecified atom stereocenters. The fraction of sp³-hybridized carbons (Fsp3) is 0.867. The van der Waals surface area contributed by atoms with E-state index in [4.69, 9.17) is 0 Å². The maximum atomic E-state index is 11.7. The molecule has 1 heterocycles. The predicted molar refractivity (Wildman–Crippen MR) is 78.2 cm³/mol. The summed E-state index contributed by atoms with van der Waals surface area (Å²) < 4.78 is 0. The topological polar surface area (TPSA) is 32.7 Å². The zero-order chi connectivity index (χ0) is 13.2. The molecule has 104 valence electrons. The first-order valence-electron chi connectivity index (χ1n) is 7.59. The number of amidine groups is 1. The van der Waals surface area contributed by atoms with E-state index in [9.17, 15) is 4.79 Å². The number of amides is 1. The minimum Gasteiger partial charge on any atom is -0.348 e. The van der Waals surface area contributed by atoms with E-state index in [0.717, 1.165) is 22.9 Å². The number of hydrogen-bond acceptors (Lipinski definition) is 3. The first kappa shape index (κ1) is 12.2. The van der Waals surface area contributed by atoms with Gasteiger partial charge in [-0.15, -0.1) is 0 Å². The normalized spacial score (nSPS) is 47.7. The number of carbonyl (C=O) groups is 1. The van der Waals surface area contributed by atoms with E-state index in [1.165, 1.54) is 38.5 Å². The SMILES string of the molecule is CC1SC(N(C)C23CC4CC(CC(C4)C2)C3)=NC1=O. The standard InChI is InChI=1S/C15H22N2OS/c1-9-13(18)16-14(19-9)17(2)15-6-10-3-11(7-15)5-12(4-10)8-15/h9-12H,3-8H2,1-2H3. The van der Waals surface area contributed by atoms with Gasteiger partial charge in [-0.1, -0.05) is 11.8 Å². The van der Waals surface area contributed by atoms with Crippen LogP contribution in [-0.4, -0.2) is 33.8 Å². The monoisotopic (exact) mass is 278 g/mol. The smallest absolute Gasteiger partial charge is 0.261 e. The molecule has 1 aliphatic heterocycles. The van der Waals surface area contributed by atoms with Crippen molar-refractivity contribution < 1.29 is 4.79 Å². The molecule has 4 heteroatoms. The third kappa shape index (κ3) is 1.78. The Labute approximate surface area is 119 Å². The molecule has 4 fully saturated rings. The molecule has 0 spiro atoms. The van der Waals surface area contributed by atoms with Crippen LogP contribution in [0.3, 0.4) is 0 Å². The lowest BCUT2D eigenvalue weighted by Crippen LogP contribution is -2.59. The van der Waals surface area contributed by atoms with Crippen LogP contribution in [0.5, 0.6) is 0 Å². The highest BCUT2D eigenvalue weighted by Gasteiger charge is 2.53. The van der Waals surface area contributed by atoms with Crippen LogP contribution in [0.15, 0.2) is 4.99 Å². The molecule has 0 aromatic heterocycles. The van der Waals surface area contributed by atoms with E-state index in [1.54, 1.807) is 11.8 Å². The summed E-state index contributed by atoms with van der Waals surface area (Å²) in [4.78, 5) is 18.4. The van der Waals surface area contributed by atoms with Gasteiger partial charge in [0.25, 0.3) is 5.91 Å². The Morgan fingerprint density at radius 3 is 2.11 bits per heavy atom. The van der Waals surface area contributed by atoms with E-state index < -0.39 is 0 Å². The van der Waals surface area contributed by atoms with Crippen LogP contribution in [-0.2, 0) is 4.79 Å². The Bertz CT molecular complexity index is 424. The Morgan fingerprint density at radius 1 is 1.16 bits per heavy atom. The van der Waals surface area contributed by atoms with Crippen LogP contribution in [0, 0.1) is 17.8 Å². The van der Waals surface area contributed by atoms with Gasteiger partial charge in [0.2, 0.25) is 0 Å². The number of hydrogen-bond donors (Lipinski definition) is 0. The van der Waals surface area contributed by atoms with Gasteiger partial charge in [0.15, 0.2) is 5.17 Å². The van der Waals surface area contributed by atoms with Crippen LogP contribution in [0.4, 0.5) is 0 Å². The third-order valence-corrected chi connectivity index (χ3v) is 6.97. The average Bonchev–Trinajstić information content (AvgIpc) is 2.67. The van der Waals surface area contributed by atoms with E-state index in [2.05, 4.69) is 16.9 Å². The molecular weight excluding hydrogens is 256 g/mol. The molecule has 0 saturated heterocycles. The summed E-state index contributed by atoms with van der Waals surface area (Å²) in [5, 5.41) is 1.01. The maximum Gasteiger partial charge on any atom is 0.261 e.